The molecule has 2 aromatic rings. The van der Waals surface area contributed by atoms with Crippen LogP contribution in [-0.2, 0) is 16.1 Å². The van der Waals surface area contributed by atoms with Gasteiger partial charge in [0.2, 0.25) is 11.8 Å². The van der Waals surface area contributed by atoms with Gasteiger partial charge in [-0.05, 0) is 55.2 Å². The fraction of sp³-hybridized carbons (Fsp3) is 0.261. The van der Waals surface area contributed by atoms with E-state index in [4.69, 9.17) is 0 Å². The Hall–Kier alpha value is -4.01. The Morgan fingerprint density at radius 2 is 1.84 bits per heavy atom. The molecule has 2 aliphatic heterocycles. The first kappa shape index (κ1) is 21.2. The van der Waals surface area contributed by atoms with E-state index in [9.17, 15) is 24.0 Å². The van der Waals surface area contributed by atoms with Gasteiger partial charge in [0.25, 0.3) is 11.8 Å². The maximum Gasteiger partial charge on any atom is 0.319 e. The Labute approximate surface area is 184 Å². The van der Waals surface area contributed by atoms with E-state index in [1.54, 1.807) is 18.2 Å². The third kappa shape index (κ3) is 3.84. The lowest BCUT2D eigenvalue weighted by Gasteiger charge is -2.27. The molecule has 9 heteroatoms. The third-order valence-corrected chi connectivity index (χ3v) is 5.76. The van der Waals surface area contributed by atoms with Gasteiger partial charge < -0.3 is 10.6 Å². The zero-order valence-electron chi connectivity index (χ0n) is 17.7. The molecule has 1 fully saturated rings. The van der Waals surface area contributed by atoms with Gasteiger partial charge in [0.15, 0.2) is 0 Å². The Bertz CT molecular complexity index is 1170. The second-order valence-corrected chi connectivity index (χ2v) is 7.89. The van der Waals surface area contributed by atoms with Gasteiger partial charge in [-0.25, -0.2) is 4.79 Å². The fourth-order valence-electron chi connectivity index (χ4n) is 3.90. The summed E-state index contributed by atoms with van der Waals surface area (Å²) in [5, 5.41) is 7.61. The summed E-state index contributed by atoms with van der Waals surface area (Å²) in [7, 11) is 0. The van der Waals surface area contributed by atoms with Crippen LogP contribution in [0.1, 0.15) is 50.2 Å². The Morgan fingerprint density at radius 1 is 1.06 bits per heavy atom. The van der Waals surface area contributed by atoms with Crippen LogP contribution >= 0.6 is 0 Å². The van der Waals surface area contributed by atoms with Crippen LogP contribution in [0.3, 0.4) is 0 Å². The van der Waals surface area contributed by atoms with Crippen LogP contribution < -0.4 is 16.0 Å². The zero-order chi connectivity index (χ0) is 23.0. The number of urea groups is 1. The Kier molecular flexibility index (Phi) is 5.48. The predicted octanol–water partition coefficient (Wildman–Crippen LogP) is 2.03. The monoisotopic (exact) mass is 434 g/mol. The number of carbonyl (C=O) groups excluding carboxylic acids is 5. The van der Waals surface area contributed by atoms with Crippen molar-refractivity contribution < 1.29 is 24.0 Å². The Morgan fingerprint density at radius 3 is 2.56 bits per heavy atom. The molecule has 1 unspecified atom stereocenters. The molecule has 1 atom stereocenters. The maximum atomic E-state index is 13.1. The minimum atomic E-state index is -1.03. The predicted molar refractivity (Wildman–Crippen MR) is 115 cm³/mol. The lowest BCUT2D eigenvalue weighted by Crippen LogP contribution is -2.54. The van der Waals surface area contributed by atoms with Gasteiger partial charge in [0.1, 0.15) is 6.04 Å². The van der Waals surface area contributed by atoms with E-state index in [0.29, 0.717) is 11.3 Å². The van der Waals surface area contributed by atoms with E-state index < -0.39 is 35.7 Å². The van der Waals surface area contributed by atoms with E-state index in [1.165, 1.54) is 6.07 Å². The highest BCUT2D eigenvalue weighted by atomic mass is 16.2. The second kappa shape index (κ2) is 8.26. The molecule has 0 spiro atoms. The van der Waals surface area contributed by atoms with Gasteiger partial charge >= 0.3 is 6.03 Å². The molecule has 0 bridgehead atoms. The molecule has 2 aromatic carbocycles. The number of hydrogen-bond donors (Lipinski definition) is 3. The SMILES string of the molecule is Cc1ccc(NC(=O)NCc2cccc3c2C(=O)N(C2CCC(=O)NC2=O)C3=O)cc1C. The summed E-state index contributed by atoms with van der Waals surface area (Å²) in [5.74, 6) is -2.28. The number of anilines is 1. The van der Waals surface area contributed by atoms with Gasteiger partial charge in [-0.1, -0.05) is 18.2 Å². The zero-order valence-corrected chi connectivity index (χ0v) is 17.7. The van der Waals surface area contributed by atoms with Gasteiger partial charge in [0, 0.05) is 18.7 Å². The molecular formula is C23H22N4O5. The summed E-state index contributed by atoms with van der Waals surface area (Å²) in [6.07, 6.45) is 0.138. The topological polar surface area (TPSA) is 125 Å². The summed E-state index contributed by atoms with van der Waals surface area (Å²) in [6.45, 7) is 3.94. The molecular weight excluding hydrogens is 412 g/mol. The average Bonchev–Trinajstić information content (AvgIpc) is 3.00. The van der Waals surface area contributed by atoms with Crippen molar-refractivity contribution in [1.29, 1.82) is 0 Å². The van der Waals surface area contributed by atoms with Crippen LogP contribution in [0.5, 0.6) is 0 Å². The first-order valence-electron chi connectivity index (χ1n) is 10.2. The van der Waals surface area contributed by atoms with Crippen molar-refractivity contribution in [3.63, 3.8) is 0 Å². The average molecular weight is 434 g/mol. The number of nitrogens with zero attached hydrogens (tertiary/aromatic N) is 1. The van der Waals surface area contributed by atoms with Crippen molar-refractivity contribution in [3.8, 4) is 0 Å². The van der Waals surface area contributed by atoms with Crippen LogP contribution in [0.25, 0.3) is 0 Å². The number of carbonyl (C=O) groups is 5. The van der Waals surface area contributed by atoms with E-state index in [-0.39, 0.29) is 30.5 Å². The number of rotatable bonds is 4. The normalized spacial score (nSPS) is 17.8. The second-order valence-electron chi connectivity index (χ2n) is 7.89. The molecule has 6 amide bonds. The van der Waals surface area contributed by atoms with E-state index in [2.05, 4.69) is 16.0 Å². The number of aryl methyl sites for hydroxylation is 2. The van der Waals surface area contributed by atoms with Crippen molar-refractivity contribution in [2.45, 2.75) is 39.3 Å². The number of hydrogen-bond acceptors (Lipinski definition) is 5. The van der Waals surface area contributed by atoms with Crippen LogP contribution in [0, 0.1) is 13.8 Å². The van der Waals surface area contributed by atoms with E-state index in [0.717, 1.165) is 16.0 Å². The highest BCUT2D eigenvalue weighted by Gasteiger charge is 2.45. The minimum absolute atomic E-state index is 0.0159. The largest absolute Gasteiger partial charge is 0.334 e. The molecule has 0 saturated carbocycles. The highest BCUT2D eigenvalue weighted by molar-refractivity contribution is 6.24. The molecule has 164 valence electrons. The molecule has 0 aromatic heterocycles. The van der Waals surface area contributed by atoms with E-state index >= 15 is 0 Å². The van der Waals surface area contributed by atoms with Crippen molar-refractivity contribution in [2.24, 2.45) is 0 Å². The molecule has 2 heterocycles. The number of amides is 6. The number of nitrogens with one attached hydrogen (secondary N) is 3. The molecule has 3 N–H and O–H groups in total. The van der Waals surface area contributed by atoms with Crippen molar-refractivity contribution in [1.82, 2.24) is 15.5 Å². The minimum Gasteiger partial charge on any atom is -0.334 e. The van der Waals surface area contributed by atoms with Gasteiger partial charge in [-0.3, -0.25) is 29.4 Å². The number of benzene rings is 2. The van der Waals surface area contributed by atoms with Crippen molar-refractivity contribution in [2.75, 3.05) is 5.32 Å². The first-order valence-corrected chi connectivity index (χ1v) is 10.2. The van der Waals surface area contributed by atoms with Crippen LogP contribution in [0.4, 0.5) is 10.5 Å². The molecule has 0 aliphatic carbocycles. The third-order valence-electron chi connectivity index (χ3n) is 5.76. The van der Waals surface area contributed by atoms with Crippen LogP contribution in [0.15, 0.2) is 36.4 Å². The number of piperidine rings is 1. The summed E-state index contributed by atoms with van der Waals surface area (Å²) in [5.41, 5.74) is 3.59. The standard InChI is InChI=1S/C23H22N4O5/c1-12-6-7-15(10-13(12)2)25-23(32)24-11-14-4-3-5-16-19(14)22(31)27(21(16)30)17-8-9-18(28)26-20(17)29/h3-7,10,17H,8-9,11H2,1-2H3,(H2,24,25,32)(H,26,28,29). The lowest BCUT2D eigenvalue weighted by atomic mass is 10.0. The van der Waals surface area contributed by atoms with Crippen LogP contribution in [-0.4, -0.2) is 40.6 Å². The highest BCUT2D eigenvalue weighted by Crippen LogP contribution is 2.30. The van der Waals surface area contributed by atoms with E-state index in [1.807, 2.05) is 26.0 Å². The maximum absolute atomic E-state index is 13.1. The van der Waals surface area contributed by atoms with Gasteiger partial charge in [0.05, 0.1) is 11.1 Å². The molecule has 32 heavy (non-hydrogen) atoms. The van der Waals surface area contributed by atoms with Gasteiger partial charge in [-0.2, -0.15) is 0 Å². The summed E-state index contributed by atoms with van der Waals surface area (Å²) in [6, 6.07) is 8.85. The van der Waals surface area contributed by atoms with Crippen molar-refractivity contribution >= 4 is 35.3 Å². The van der Waals surface area contributed by atoms with Crippen LogP contribution in [0.2, 0.25) is 0 Å². The molecule has 0 radical (unpaired) electrons. The summed E-state index contributed by atoms with van der Waals surface area (Å²) in [4.78, 5) is 62.8. The van der Waals surface area contributed by atoms with Gasteiger partial charge in [-0.15, -0.1) is 0 Å². The fourth-order valence-corrected chi connectivity index (χ4v) is 3.90. The summed E-state index contributed by atoms with van der Waals surface area (Å²) < 4.78 is 0. The van der Waals surface area contributed by atoms with Crippen molar-refractivity contribution in [3.05, 3.63) is 64.2 Å². The first-order chi connectivity index (χ1) is 15.3. The number of imide groups is 2. The smallest absolute Gasteiger partial charge is 0.319 e. The molecule has 9 nitrogen and oxygen atoms in total. The Balaban J connectivity index is 1.49. The lowest BCUT2D eigenvalue weighted by molar-refractivity contribution is -0.136. The quantitative estimate of drug-likeness (QED) is 0.635. The molecule has 1 saturated heterocycles. The molecule has 2 aliphatic rings. The number of fused-ring (bicyclic) bond motifs is 1. The summed E-state index contributed by atoms with van der Waals surface area (Å²) >= 11 is 0. The molecule has 4 rings (SSSR count).